The Morgan fingerprint density at radius 1 is 0.826 bits per heavy atom. The van der Waals surface area contributed by atoms with Gasteiger partial charge in [0.1, 0.15) is 23.2 Å². The number of hydrogen-bond acceptors (Lipinski definition) is 6. The van der Waals surface area contributed by atoms with Crippen LogP contribution in [0.4, 0.5) is 10.5 Å². The van der Waals surface area contributed by atoms with Crippen LogP contribution in [0, 0.1) is 13.8 Å². The number of anilines is 1. The lowest BCUT2D eigenvalue weighted by molar-refractivity contribution is 0.241. The van der Waals surface area contributed by atoms with E-state index in [1.54, 1.807) is 0 Å². The van der Waals surface area contributed by atoms with Crippen LogP contribution < -0.4 is 15.5 Å². The van der Waals surface area contributed by atoms with Gasteiger partial charge in [-0.2, -0.15) is 0 Å². The van der Waals surface area contributed by atoms with Crippen LogP contribution in [0.2, 0.25) is 0 Å². The molecule has 2 atom stereocenters. The highest BCUT2D eigenvalue weighted by Gasteiger charge is 2.38. The Morgan fingerprint density at radius 2 is 1.46 bits per heavy atom. The average molecular weight is 617 g/mol. The maximum absolute atomic E-state index is 12.5. The number of amidine groups is 1. The molecule has 2 aliphatic rings. The number of aryl methyl sites for hydroxylation is 3. The third-order valence-electron chi connectivity index (χ3n) is 8.84. The molecule has 2 aromatic heterocycles. The SMILES string of the molecule is CCC1=NC2C(C)=NC(C)=CC2N1c1ccc(CCNC(=O)NCCc2ccc(-n3c(CC)nc4c(C)nc(C)cc43)cc2)cc1. The van der Waals surface area contributed by atoms with Crippen molar-refractivity contribution >= 4 is 34.3 Å². The molecule has 4 heterocycles. The Labute approximate surface area is 271 Å². The number of carbonyl (C=O) groups is 1. The summed E-state index contributed by atoms with van der Waals surface area (Å²) in [7, 11) is 0. The van der Waals surface area contributed by atoms with Gasteiger partial charge in [0.2, 0.25) is 0 Å². The van der Waals surface area contributed by atoms with Gasteiger partial charge >= 0.3 is 6.03 Å². The lowest BCUT2D eigenvalue weighted by atomic mass is 9.99. The second-order valence-electron chi connectivity index (χ2n) is 12.2. The van der Waals surface area contributed by atoms with Gasteiger partial charge in [-0.05, 0) is 88.1 Å². The number of nitrogens with one attached hydrogen (secondary N) is 2. The molecule has 2 aliphatic heterocycles. The fraction of sp³-hybridized carbons (Fsp3) is 0.378. The van der Waals surface area contributed by atoms with Gasteiger partial charge in [0.05, 0.1) is 17.3 Å². The minimum Gasteiger partial charge on any atom is -0.338 e. The number of hydrogen-bond donors (Lipinski definition) is 2. The second-order valence-corrected chi connectivity index (χ2v) is 12.2. The zero-order chi connectivity index (χ0) is 32.4. The summed E-state index contributed by atoms with van der Waals surface area (Å²) < 4.78 is 2.23. The van der Waals surface area contributed by atoms with E-state index in [2.05, 4.69) is 118 Å². The molecule has 0 fully saturated rings. The van der Waals surface area contributed by atoms with Crippen molar-refractivity contribution in [3.8, 4) is 5.69 Å². The van der Waals surface area contributed by atoms with E-state index in [9.17, 15) is 4.79 Å². The summed E-state index contributed by atoms with van der Waals surface area (Å²) in [4.78, 5) is 33.9. The monoisotopic (exact) mass is 616 g/mol. The molecule has 2 unspecified atom stereocenters. The van der Waals surface area contributed by atoms with Crippen molar-refractivity contribution in [2.45, 2.75) is 79.3 Å². The fourth-order valence-corrected chi connectivity index (χ4v) is 6.62. The zero-order valence-electron chi connectivity index (χ0n) is 27.8. The van der Waals surface area contributed by atoms with Crippen LogP contribution in [-0.4, -0.2) is 57.3 Å². The summed E-state index contributed by atoms with van der Waals surface area (Å²) in [6, 6.07) is 19.4. The first kappa shape index (κ1) is 31.2. The van der Waals surface area contributed by atoms with Crippen molar-refractivity contribution in [3.63, 3.8) is 0 Å². The Bertz CT molecular complexity index is 1830. The van der Waals surface area contributed by atoms with Crippen LogP contribution in [0.5, 0.6) is 0 Å². The molecule has 9 nitrogen and oxygen atoms in total. The van der Waals surface area contributed by atoms with Gasteiger partial charge in [0.25, 0.3) is 0 Å². The molecule has 2 N–H and O–H groups in total. The first-order valence-corrected chi connectivity index (χ1v) is 16.4. The molecule has 2 amide bonds. The number of aliphatic imine (C=N–C) groups is 2. The summed E-state index contributed by atoms with van der Waals surface area (Å²) in [6.45, 7) is 13.6. The number of allylic oxidation sites excluding steroid dienone is 1. The molecule has 0 saturated heterocycles. The molecule has 2 aromatic carbocycles. The molecular formula is C37H44N8O. The maximum Gasteiger partial charge on any atom is 0.314 e. The molecule has 9 heteroatoms. The highest BCUT2D eigenvalue weighted by Crippen LogP contribution is 2.32. The van der Waals surface area contributed by atoms with Crippen LogP contribution in [-0.2, 0) is 19.3 Å². The Hall–Kier alpha value is -4.79. The second kappa shape index (κ2) is 13.3. The van der Waals surface area contributed by atoms with Crippen LogP contribution >= 0.6 is 0 Å². The third-order valence-corrected chi connectivity index (χ3v) is 8.84. The predicted octanol–water partition coefficient (Wildman–Crippen LogP) is 6.43. The van der Waals surface area contributed by atoms with E-state index >= 15 is 0 Å². The number of rotatable bonds is 10. The predicted molar refractivity (Wildman–Crippen MR) is 188 cm³/mol. The maximum atomic E-state index is 12.5. The highest BCUT2D eigenvalue weighted by molar-refractivity contribution is 6.06. The minimum absolute atomic E-state index is 0.0872. The molecular weight excluding hydrogens is 572 g/mol. The first-order chi connectivity index (χ1) is 22.2. The Morgan fingerprint density at radius 3 is 2.07 bits per heavy atom. The van der Waals surface area contributed by atoms with E-state index in [0.717, 1.165) is 82.5 Å². The van der Waals surface area contributed by atoms with E-state index in [1.807, 2.05) is 13.8 Å². The van der Waals surface area contributed by atoms with Gasteiger partial charge in [-0.15, -0.1) is 0 Å². The largest absolute Gasteiger partial charge is 0.338 e. The number of imidazole rings is 1. The van der Waals surface area contributed by atoms with Gasteiger partial charge in [-0.25, -0.2) is 9.78 Å². The number of carbonyl (C=O) groups excluding carboxylic acids is 1. The summed E-state index contributed by atoms with van der Waals surface area (Å²) in [5, 5.41) is 6.00. The average Bonchev–Trinajstić information content (AvgIpc) is 3.60. The standard InChI is InChI=1S/C37H44N8O/c1-7-33-42-35-25(5)40-23(3)21-31(35)44(33)29-13-9-27(10-14-29)17-19-38-37(46)39-20-18-28-11-15-30(16-12-28)45-32-22-24(4)41-26(6)36(32)43-34(45)8-2/h9-16,21-22,31,35H,7-8,17-20H2,1-6H3,(H2,38,39,46). The van der Waals surface area contributed by atoms with E-state index in [4.69, 9.17) is 9.98 Å². The molecule has 0 saturated carbocycles. The number of benzene rings is 2. The first-order valence-electron chi connectivity index (χ1n) is 16.4. The molecule has 6 rings (SSSR count). The van der Waals surface area contributed by atoms with Gasteiger partial charge < -0.3 is 15.5 Å². The summed E-state index contributed by atoms with van der Waals surface area (Å²) in [5.74, 6) is 2.12. The Balaban J connectivity index is 0.979. The van der Waals surface area contributed by atoms with E-state index in [0.29, 0.717) is 13.1 Å². The van der Waals surface area contributed by atoms with Crippen LogP contribution in [0.25, 0.3) is 16.7 Å². The van der Waals surface area contributed by atoms with Gasteiger partial charge in [0, 0.05) is 54.4 Å². The summed E-state index contributed by atoms with van der Waals surface area (Å²) >= 11 is 0. The molecule has 0 aliphatic carbocycles. The number of urea groups is 1. The van der Waals surface area contributed by atoms with Gasteiger partial charge in [0.15, 0.2) is 0 Å². The van der Waals surface area contributed by atoms with Gasteiger partial charge in [-0.3, -0.25) is 19.5 Å². The molecule has 0 bridgehead atoms. The van der Waals surface area contributed by atoms with Crippen molar-refractivity contribution in [2.24, 2.45) is 9.98 Å². The smallest absolute Gasteiger partial charge is 0.314 e. The molecule has 238 valence electrons. The lowest BCUT2D eigenvalue weighted by Crippen LogP contribution is -2.42. The fourth-order valence-electron chi connectivity index (χ4n) is 6.62. The topological polar surface area (TPSA) is 99.8 Å². The number of nitrogens with zero attached hydrogens (tertiary/aromatic N) is 6. The number of amides is 2. The number of aromatic nitrogens is 3. The normalized spacial score (nSPS) is 17.4. The van der Waals surface area contributed by atoms with Crippen molar-refractivity contribution in [1.29, 1.82) is 0 Å². The van der Waals surface area contributed by atoms with E-state index in [1.165, 1.54) is 11.1 Å². The van der Waals surface area contributed by atoms with Crippen molar-refractivity contribution in [2.75, 3.05) is 18.0 Å². The third kappa shape index (κ3) is 6.32. The van der Waals surface area contributed by atoms with Crippen LogP contribution in [0.3, 0.4) is 0 Å². The summed E-state index contributed by atoms with van der Waals surface area (Å²) in [6.07, 6.45) is 5.45. The summed E-state index contributed by atoms with van der Waals surface area (Å²) in [5.41, 5.74) is 10.7. The molecule has 4 aromatic rings. The molecule has 0 radical (unpaired) electrons. The number of pyridine rings is 1. The van der Waals surface area contributed by atoms with Crippen molar-refractivity contribution in [1.82, 2.24) is 25.2 Å². The van der Waals surface area contributed by atoms with E-state index < -0.39 is 0 Å². The van der Waals surface area contributed by atoms with Gasteiger partial charge in [-0.1, -0.05) is 38.1 Å². The minimum atomic E-state index is -0.145. The number of fused-ring (bicyclic) bond motifs is 2. The highest BCUT2D eigenvalue weighted by atomic mass is 16.2. The molecule has 0 spiro atoms. The molecule has 46 heavy (non-hydrogen) atoms. The van der Waals surface area contributed by atoms with Crippen molar-refractivity contribution < 1.29 is 4.79 Å². The Kier molecular flexibility index (Phi) is 9.01. The van der Waals surface area contributed by atoms with Crippen molar-refractivity contribution in [3.05, 3.63) is 94.7 Å². The quantitative estimate of drug-likeness (QED) is 0.215. The van der Waals surface area contributed by atoms with Crippen LogP contribution in [0.1, 0.15) is 62.5 Å². The zero-order valence-corrected chi connectivity index (χ0v) is 27.8. The van der Waals surface area contributed by atoms with Crippen LogP contribution in [0.15, 0.2) is 76.4 Å². The van der Waals surface area contributed by atoms with E-state index in [-0.39, 0.29) is 18.1 Å². The lowest BCUT2D eigenvalue weighted by Gasteiger charge is -2.30.